The second-order valence-electron chi connectivity index (χ2n) is 3.00. The molecule has 0 saturated heterocycles. The Hall–Kier alpha value is -2.47. The van der Waals surface area contributed by atoms with E-state index in [4.69, 9.17) is 5.53 Å². The van der Waals surface area contributed by atoms with Gasteiger partial charge >= 0.3 is 5.97 Å². The minimum Gasteiger partial charge on any atom is -0.466 e. The quantitative estimate of drug-likeness (QED) is 0.208. The molecule has 5 nitrogen and oxygen atoms in total. The van der Waals surface area contributed by atoms with E-state index < -0.39 is 34.7 Å². The van der Waals surface area contributed by atoms with Crippen LogP contribution in [0.5, 0.6) is 0 Å². The molecule has 8 heteroatoms. The average Bonchev–Trinajstić information content (AvgIpc) is 2.34. The van der Waals surface area contributed by atoms with Crippen LogP contribution in [0.1, 0.15) is 5.56 Å². The van der Waals surface area contributed by atoms with Gasteiger partial charge in [-0.2, -0.15) is 0 Å². The largest absolute Gasteiger partial charge is 0.466 e. The highest BCUT2D eigenvalue weighted by atomic mass is 19.2. The van der Waals surface area contributed by atoms with Crippen molar-refractivity contribution < 1.29 is 22.7 Å². The van der Waals surface area contributed by atoms with E-state index in [2.05, 4.69) is 14.8 Å². The van der Waals surface area contributed by atoms with Crippen LogP contribution >= 0.6 is 0 Å². The van der Waals surface area contributed by atoms with Crippen LogP contribution in [0.25, 0.3) is 16.5 Å². The molecule has 0 N–H and O–H groups in total. The fourth-order valence-corrected chi connectivity index (χ4v) is 1.08. The molecule has 0 aliphatic heterocycles. The Morgan fingerprint density at radius 1 is 1.33 bits per heavy atom. The van der Waals surface area contributed by atoms with Gasteiger partial charge in [-0.15, -0.1) is 0 Å². The SMILES string of the molecule is COC(=O)/C(=C/c1cc(F)c(F)cc1F)N=[N+]=[N-]. The van der Waals surface area contributed by atoms with Crippen LogP contribution in [-0.4, -0.2) is 13.1 Å². The third-order valence-electron chi connectivity index (χ3n) is 1.88. The molecule has 0 fully saturated rings. The molecule has 0 spiro atoms. The van der Waals surface area contributed by atoms with E-state index in [0.29, 0.717) is 12.1 Å². The molecule has 1 aromatic carbocycles. The van der Waals surface area contributed by atoms with Gasteiger partial charge in [0.1, 0.15) is 11.5 Å². The third-order valence-corrected chi connectivity index (χ3v) is 1.88. The molecule has 1 aromatic rings. The van der Waals surface area contributed by atoms with Crippen molar-refractivity contribution in [1.29, 1.82) is 0 Å². The van der Waals surface area contributed by atoms with Gasteiger partial charge in [0.25, 0.3) is 0 Å². The van der Waals surface area contributed by atoms with Crippen molar-refractivity contribution in [3.63, 3.8) is 0 Å². The Bertz CT molecular complexity index is 566. The van der Waals surface area contributed by atoms with Crippen molar-refractivity contribution in [1.82, 2.24) is 0 Å². The number of methoxy groups -OCH3 is 1. The summed E-state index contributed by atoms with van der Waals surface area (Å²) in [7, 11) is 1.02. The molecule has 0 aromatic heterocycles. The second kappa shape index (κ2) is 5.74. The monoisotopic (exact) mass is 257 g/mol. The number of azide groups is 1. The zero-order valence-electron chi connectivity index (χ0n) is 9.02. The van der Waals surface area contributed by atoms with Crippen LogP contribution in [0.15, 0.2) is 22.9 Å². The summed E-state index contributed by atoms with van der Waals surface area (Å²) in [6.07, 6.45) is 0.753. The Labute approximate surface area is 99.1 Å². The number of ether oxygens (including phenoxy) is 1. The van der Waals surface area contributed by atoms with E-state index in [-0.39, 0.29) is 0 Å². The summed E-state index contributed by atoms with van der Waals surface area (Å²) in [6, 6.07) is 0.840. The first-order valence-electron chi connectivity index (χ1n) is 4.49. The Morgan fingerprint density at radius 2 is 1.94 bits per heavy atom. The van der Waals surface area contributed by atoms with E-state index in [1.165, 1.54) is 0 Å². The molecule has 0 radical (unpaired) electrons. The standard InChI is InChI=1S/C10H6F3N3O2/c1-18-10(17)9(15-16-14)3-5-2-7(12)8(13)4-6(5)11/h2-4H,1H3/b9-3-. The number of nitrogens with zero attached hydrogens (tertiary/aromatic N) is 3. The first-order valence-corrected chi connectivity index (χ1v) is 4.49. The lowest BCUT2D eigenvalue weighted by Gasteiger charge is -2.01. The molecule has 0 bridgehead atoms. The lowest BCUT2D eigenvalue weighted by atomic mass is 10.1. The van der Waals surface area contributed by atoms with Gasteiger partial charge in [0.05, 0.1) is 7.11 Å². The van der Waals surface area contributed by atoms with Crippen LogP contribution in [0, 0.1) is 17.5 Å². The molecule has 1 rings (SSSR count). The van der Waals surface area contributed by atoms with E-state index in [1.54, 1.807) is 0 Å². The van der Waals surface area contributed by atoms with Crippen LogP contribution in [0.3, 0.4) is 0 Å². The van der Waals surface area contributed by atoms with Crippen molar-refractivity contribution in [2.24, 2.45) is 5.11 Å². The molecule has 94 valence electrons. The van der Waals surface area contributed by atoms with Crippen LogP contribution in [0.2, 0.25) is 0 Å². The molecule has 0 saturated carbocycles. The molecule has 18 heavy (non-hydrogen) atoms. The summed E-state index contributed by atoms with van der Waals surface area (Å²) >= 11 is 0. The van der Waals surface area contributed by atoms with E-state index >= 15 is 0 Å². The summed E-state index contributed by atoms with van der Waals surface area (Å²) in [5.74, 6) is -4.80. The molecule has 0 amide bonds. The summed E-state index contributed by atoms with van der Waals surface area (Å²) in [5, 5.41) is 2.97. The maximum atomic E-state index is 13.3. The van der Waals surface area contributed by atoms with Crippen molar-refractivity contribution in [2.75, 3.05) is 7.11 Å². The molecule has 0 aliphatic rings. The van der Waals surface area contributed by atoms with Crippen LogP contribution < -0.4 is 0 Å². The summed E-state index contributed by atoms with van der Waals surface area (Å²) in [4.78, 5) is 13.5. The molecule has 0 atom stereocenters. The molecule has 0 unspecified atom stereocenters. The number of hydrogen-bond donors (Lipinski definition) is 0. The zero-order valence-corrected chi connectivity index (χ0v) is 9.02. The van der Waals surface area contributed by atoms with E-state index in [9.17, 15) is 18.0 Å². The normalized spacial score (nSPS) is 10.8. The van der Waals surface area contributed by atoms with Gasteiger partial charge in [0.2, 0.25) is 0 Å². The first-order chi connectivity index (χ1) is 8.49. The maximum absolute atomic E-state index is 13.3. The minimum atomic E-state index is -1.37. The minimum absolute atomic E-state index is 0.312. The van der Waals surface area contributed by atoms with Gasteiger partial charge in [-0.3, -0.25) is 0 Å². The van der Waals surface area contributed by atoms with Crippen molar-refractivity contribution >= 4 is 12.0 Å². The fraction of sp³-hybridized carbons (Fsp3) is 0.100. The number of carbonyl (C=O) groups excluding carboxylic acids is 1. The molecule has 0 heterocycles. The number of benzene rings is 1. The average molecular weight is 257 g/mol. The first kappa shape index (κ1) is 13.6. The summed E-state index contributed by atoms with van der Waals surface area (Å²) < 4.78 is 43.1. The van der Waals surface area contributed by atoms with Gasteiger partial charge < -0.3 is 4.74 Å². The van der Waals surface area contributed by atoms with Gasteiger partial charge in [-0.05, 0) is 17.7 Å². The molecule has 0 aliphatic carbocycles. The van der Waals surface area contributed by atoms with Gasteiger partial charge in [-0.1, -0.05) is 5.11 Å². The Balaban J connectivity index is 3.32. The van der Waals surface area contributed by atoms with Crippen molar-refractivity contribution in [2.45, 2.75) is 0 Å². The van der Waals surface area contributed by atoms with Crippen molar-refractivity contribution in [3.8, 4) is 0 Å². The number of hydrogen-bond acceptors (Lipinski definition) is 3. The van der Waals surface area contributed by atoms with Crippen molar-refractivity contribution in [3.05, 3.63) is 51.3 Å². The van der Waals surface area contributed by atoms with E-state index in [0.717, 1.165) is 13.2 Å². The second-order valence-corrected chi connectivity index (χ2v) is 3.00. The molecular formula is C10H6F3N3O2. The fourth-order valence-electron chi connectivity index (χ4n) is 1.08. The van der Waals surface area contributed by atoms with Crippen LogP contribution in [0.4, 0.5) is 13.2 Å². The zero-order chi connectivity index (χ0) is 13.7. The number of halogens is 3. The maximum Gasteiger partial charge on any atom is 0.340 e. The highest BCUT2D eigenvalue weighted by Crippen LogP contribution is 2.17. The summed E-state index contributed by atoms with van der Waals surface area (Å²) in [6.45, 7) is 0. The number of esters is 1. The smallest absolute Gasteiger partial charge is 0.340 e. The highest BCUT2D eigenvalue weighted by Gasteiger charge is 2.12. The van der Waals surface area contributed by atoms with Gasteiger partial charge in [0, 0.05) is 16.5 Å². The predicted octanol–water partition coefficient (Wildman–Crippen LogP) is 2.93. The van der Waals surface area contributed by atoms with Crippen LogP contribution in [-0.2, 0) is 9.53 Å². The Morgan fingerprint density at radius 3 is 2.50 bits per heavy atom. The predicted molar refractivity (Wildman–Crippen MR) is 55.5 cm³/mol. The van der Waals surface area contributed by atoms with Gasteiger partial charge in [0.15, 0.2) is 11.6 Å². The highest BCUT2D eigenvalue weighted by molar-refractivity contribution is 5.93. The molecular weight excluding hydrogens is 251 g/mol. The van der Waals surface area contributed by atoms with E-state index in [1.807, 2.05) is 0 Å². The number of rotatable bonds is 3. The number of carbonyl (C=O) groups is 1. The summed E-state index contributed by atoms with van der Waals surface area (Å²) in [5.41, 5.74) is 7.19. The third kappa shape index (κ3) is 3.02. The lowest BCUT2D eigenvalue weighted by Crippen LogP contribution is -2.02. The van der Waals surface area contributed by atoms with Gasteiger partial charge in [-0.25, -0.2) is 18.0 Å². The Kier molecular flexibility index (Phi) is 4.33. The topological polar surface area (TPSA) is 75.1 Å². The lowest BCUT2D eigenvalue weighted by molar-refractivity contribution is -0.136.